The third kappa shape index (κ3) is 4.30. The molecule has 20 heavy (non-hydrogen) atoms. The van der Waals surface area contributed by atoms with E-state index in [1.54, 1.807) is 12.1 Å². The van der Waals surface area contributed by atoms with Gasteiger partial charge in [-0.2, -0.15) is 0 Å². The van der Waals surface area contributed by atoms with Gasteiger partial charge in [0, 0.05) is 12.8 Å². The minimum Gasteiger partial charge on any atom is -0.494 e. The van der Waals surface area contributed by atoms with Crippen molar-refractivity contribution in [2.45, 2.75) is 32.1 Å². The molecule has 0 spiro atoms. The summed E-state index contributed by atoms with van der Waals surface area (Å²) in [6.07, 6.45) is 4.18. The molecule has 1 aliphatic heterocycles. The van der Waals surface area contributed by atoms with Crippen molar-refractivity contribution in [1.82, 2.24) is 5.32 Å². The van der Waals surface area contributed by atoms with Crippen LogP contribution in [0.1, 0.15) is 31.2 Å². The van der Waals surface area contributed by atoms with Crippen LogP contribution >= 0.6 is 0 Å². The molecule has 0 saturated carbocycles. The summed E-state index contributed by atoms with van der Waals surface area (Å²) in [5.74, 6) is 0.660. The van der Waals surface area contributed by atoms with E-state index in [-0.39, 0.29) is 11.5 Å². The van der Waals surface area contributed by atoms with Crippen LogP contribution < -0.4 is 10.1 Å². The fourth-order valence-corrected chi connectivity index (χ4v) is 2.67. The molecular weight excluding hydrogens is 257 g/mol. The molecule has 1 aliphatic rings. The number of Topliss-reactive ketones (excluding diaryl/α,β-unsaturated/α-hetero) is 1. The number of hydrogen-bond donors (Lipinski definition) is 1. The van der Waals surface area contributed by atoms with Crippen molar-refractivity contribution in [2.24, 2.45) is 5.92 Å². The van der Waals surface area contributed by atoms with Gasteiger partial charge >= 0.3 is 0 Å². The monoisotopic (exact) mass is 279 g/mol. The van der Waals surface area contributed by atoms with Crippen molar-refractivity contribution in [3.05, 3.63) is 29.6 Å². The van der Waals surface area contributed by atoms with Crippen molar-refractivity contribution in [3.8, 4) is 5.75 Å². The van der Waals surface area contributed by atoms with Crippen LogP contribution in [0.15, 0.2) is 18.2 Å². The number of benzene rings is 1. The molecule has 1 heterocycles. The summed E-state index contributed by atoms with van der Waals surface area (Å²) < 4.78 is 18.4. The third-order valence-electron chi connectivity index (χ3n) is 3.91. The molecule has 0 unspecified atom stereocenters. The Labute approximate surface area is 119 Å². The summed E-state index contributed by atoms with van der Waals surface area (Å²) in [6, 6.07) is 4.72. The number of nitrogens with one attached hydrogen (secondary N) is 1. The highest BCUT2D eigenvalue weighted by Crippen LogP contribution is 2.20. The van der Waals surface area contributed by atoms with Crippen molar-refractivity contribution in [1.29, 1.82) is 0 Å². The first-order chi connectivity index (χ1) is 9.69. The van der Waals surface area contributed by atoms with E-state index in [1.165, 1.54) is 13.2 Å². The largest absolute Gasteiger partial charge is 0.494 e. The number of hydrogen-bond acceptors (Lipinski definition) is 3. The maximum atomic E-state index is 13.5. The van der Waals surface area contributed by atoms with E-state index >= 15 is 0 Å². The second kappa shape index (κ2) is 7.39. The number of ether oxygens (including phenoxy) is 1. The quantitative estimate of drug-likeness (QED) is 0.870. The molecule has 0 bridgehead atoms. The average molecular weight is 279 g/mol. The average Bonchev–Trinajstić information content (AvgIpc) is 2.46. The summed E-state index contributed by atoms with van der Waals surface area (Å²) in [5.41, 5.74) is 0.721. The number of rotatable bonds is 6. The zero-order valence-corrected chi connectivity index (χ0v) is 12.0. The first-order valence-electron chi connectivity index (χ1n) is 7.24. The van der Waals surface area contributed by atoms with Crippen molar-refractivity contribution in [2.75, 3.05) is 20.2 Å². The van der Waals surface area contributed by atoms with Gasteiger partial charge in [-0.05, 0) is 56.0 Å². The summed E-state index contributed by atoms with van der Waals surface area (Å²) >= 11 is 0. The Morgan fingerprint density at radius 3 is 2.80 bits per heavy atom. The van der Waals surface area contributed by atoms with Crippen molar-refractivity contribution >= 4 is 5.78 Å². The van der Waals surface area contributed by atoms with E-state index in [0.717, 1.165) is 37.9 Å². The van der Waals surface area contributed by atoms with Crippen LogP contribution in [0.2, 0.25) is 0 Å². The lowest BCUT2D eigenvalue weighted by Gasteiger charge is -2.22. The first kappa shape index (κ1) is 15.0. The van der Waals surface area contributed by atoms with Gasteiger partial charge in [0.05, 0.1) is 7.11 Å². The highest BCUT2D eigenvalue weighted by molar-refractivity contribution is 5.80. The number of methoxy groups -OCH3 is 1. The molecule has 1 fully saturated rings. The number of ketones is 1. The van der Waals surface area contributed by atoms with Crippen LogP contribution in [0.3, 0.4) is 0 Å². The standard InChI is InChI=1S/C16H22FNO2/c1-20-16-5-3-13(11-15(16)17)10-14(19)4-2-12-6-8-18-9-7-12/h3,5,11-12,18H,2,4,6-10H2,1H3. The van der Waals surface area contributed by atoms with E-state index in [4.69, 9.17) is 4.74 Å². The van der Waals surface area contributed by atoms with Crippen molar-refractivity contribution in [3.63, 3.8) is 0 Å². The molecule has 0 atom stereocenters. The zero-order valence-electron chi connectivity index (χ0n) is 12.0. The number of carbonyl (C=O) groups is 1. The Morgan fingerprint density at radius 1 is 1.40 bits per heavy atom. The van der Waals surface area contributed by atoms with Gasteiger partial charge in [-0.3, -0.25) is 4.79 Å². The fourth-order valence-electron chi connectivity index (χ4n) is 2.67. The third-order valence-corrected chi connectivity index (χ3v) is 3.91. The maximum absolute atomic E-state index is 13.5. The van der Waals surface area contributed by atoms with Gasteiger partial charge in [0.15, 0.2) is 11.6 Å². The molecule has 0 aliphatic carbocycles. The second-order valence-corrected chi connectivity index (χ2v) is 5.42. The number of halogens is 1. The smallest absolute Gasteiger partial charge is 0.165 e. The van der Waals surface area contributed by atoms with Gasteiger partial charge in [-0.1, -0.05) is 6.07 Å². The van der Waals surface area contributed by atoms with E-state index in [2.05, 4.69) is 5.32 Å². The molecule has 1 aromatic carbocycles. The minimum atomic E-state index is -0.406. The summed E-state index contributed by atoms with van der Waals surface area (Å²) in [4.78, 5) is 12.0. The predicted molar refractivity (Wildman–Crippen MR) is 76.5 cm³/mol. The van der Waals surface area contributed by atoms with E-state index < -0.39 is 5.82 Å². The zero-order chi connectivity index (χ0) is 14.4. The molecule has 3 nitrogen and oxygen atoms in total. The molecular formula is C16H22FNO2. The van der Waals surface area contributed by atoms with Crippen molar-refractivity contribution < 1.29 is 13.9 Å². The lowest BCUT2D eigenvalue weighted by molar-refractivity contribution is -0.118. The fraction of sp³-hybridized carbons (Fsp3) is 0.562. The molecule has 110 valence electrons. The highest BCUT2D eigenvalue weighted by atomic mass is 19.1. The van der Waals surface area contributed by atoms with Crippen LogP contribution in [0.25, 0.3) is 0 Å². The SMILES string of the molecule is COc1ccc(CC(=O)CCC2CCNCC2)cc1F. The molecule has 0 radical (unpaired) electrons. The lowest BCUT2D eigenvalue weighted by Crippen LogP contribution is -2.28. The number of piperidine rings is 1. The van der Waals surface area contributed by atoms with Crippen LogP contribution in [0.5, 0.6) is 5.75 Å². The van der Waals surface area contributed by atoms with Gasteiger partial charge < -0.3 is 10.1 Å². The maximum Gasteiger partial charge on any atom is 0.165 e. The van der Waals surface area contributed by atoms with Crippen LogP contribution in [0, 0.1) is 11.7 Å². The molecule has 0 amide bonds. The Hall–Kier alpha value is -1.42. The van der Waals surface area contributed by atoms with Gasteiger partial charge in [0.25, 0.3) is 0 Å². The highest BCUT2D eigenvalue weighted by Gasteiger charge is 2.15. The molecule has 1 aromatic rings. The Morgan fingerprint density at radius 2 is 2.15 bits per heavy atom. The molecule has 1 saturated heterocycles. The summed E-state index contributed by atoms with van der Waals surface area (Å²) in [7, 11) is 1.43. The van der Waals surface area contributed by atoms with Gasteiger partial charge in [0.2, 0.25) is 0 Å². The van der Waals surface area contributed by atoms with Gasteiger partial charge in [-0.15, -0.1) is 0 Å². The first-order valence-corrected chi connectivity index (χ1v) is 7.24. The number of carbonyl (C=O) groups excluding carboxylic acids is 1. The molecule has 0 aromatic heterocycles. The summed E-state index contributed by atoms with van der Waals surface area (Å²) in [6.45, 7) is 2.12. The lowest BCUT2D eigenvalue weighted by atomic mass is 9.91. The van der Waals surface area contributed by atoms with Crippen LogP contribution in [-0.4, -0.2) is 26.0 Å². The predicted octanol–water partition coefficient (Wildman–Crippen LogP) is 2.73. The Kier molecular flexibility index (Phi) is 5.53. The van der Waals surface area contributed by atoms with Crippen LogP contribution in [-0.2, 0) is 11.2 Å². The Bertz CT molecular complexity index is 456. The van der Waals surface area contributed by atoms with E-state index in [9.17, 15) is 9.18 Å². The van der Waals surface area contributed by atoms with E-state index in [1.807, 2.05) is 0 Å². The van der Waals surface area contributed by atoms with Gasteiger partial charge in [0.1, 0.15) is 5.78 Å². The van der Waals surface area contributed by atoms with E-state index in [0.29, 0.717) is 18.8 Å². The molecule has 1 N–H and O–H groups in total. The second-order valence-electron chi connectivity index (χ2n) is 5.42. The Balaban J connectivity index is 1.80. The molecule has 2 rings (SSSR count). The molecule has 4 heteroatoms. The topological polar surface area (TPSA) is 38.3 Å². The summed E-state index contributed by atoms with van der Waals surface area (Å²) in [5, 5.41) is 3.32. The minimum absolute atomic E-state index is 0.188. The normalized spacial score (nSPS) is 16.1. The van der Waals surface area contributed by atoms with Gasteiger partial charge in [-0.25, -0.2) is 4.39 Å². The van der Waals surface area contributed by atoms with Crippen LogP contribution in [0.4, 0.5) is 4.39 Å².